The Kier molecular flexibility index (Phi) is 3.11. The van der Waals surface area contributed by atoms with Gasteiger partial charge in [-0.05, 0) is 5.56 Å². The number of cyclic esters (lactones) is 1. The third-order valence-corrected chi connectivity index (χ3v) is 2.51. The van der Waals surface area contributed by atoms with Crippen LogP contribution >= 0.6 is 0 Å². The van der Waals surface area contributed by atoms with Gasteiger partial charge in [-0.25, -0.2) is 4.79 Å². The van der Waals surface area contributed by atoms with E-state index in [1.807, 2.05) is 30.3 Å². The summed E-state index contributed by atoms with van der Waals surface area (Å²) in [5.41, 5.74) is 1.10. The molecule has 1 amide bonds. The van der Waals surface area contributed by atoms with E-state index in [1.165, 1.54) is 0 Å². The zero-order chi connectivity index (χ0) is 11.4. The molecule has 82 valence electrons. The van der Waals surface area contributed by atoms with E-state index >= 15 is 0 Å². The average Bonchev–Trinajstić information content (AvgIpc) is 2.61. The quantitative estimate of drug-likeness (QED) is 0.722. The molecule has 1 unspecified atom stereocenters. The van der Waals surface area contributed by atoms with Crippen LogP contribution in [0.5, 0.6) is 0 Å². The molecule has 0 spiro atoms. The number of terminal acetylenes is 1. The molecule has 0 N–H and O–H groups in total. The van der Waals surface area contributed by atoms with E-state index in [2.05, 4.69) is 5.92 Å². The van der Waals surface area contributed by atoms with E-state index in [4.69, 9.17) is 11.2 Å². The van der Waals surface area contributed by atoms with Crippen LogP contribution in [0, 0.1) is 12.3 Å². The number of hydrogen-bond donors (Lipinski definition) is 0. The van der Waals surface area contributed by atoms with Crippen LogP contribution in [0.15, 0.2) is 30.3 Å². The van der Waals surface area contributed by atoms with Crippen molar-refractivity contribution in [1.29, 1.82) is 0 Å². The lowest BCUT2D eigenvalue weighted by Crippen LogP contribution is -2.24. The summed E-state index contributed by atoms with van der Waals surface area (Å²) in [6.07, 6.45) is 5.25. The van der Waals surface area contributed by atoms with Gasteiger partial charge in [0.05, 0.1) is 6.54 Å². The molecule has 0 aromatic heterocycles. The fourth-order valence-electron chi connectivity index (χ4n) is 1.75. The minimum absolute atomic E-state index is 0.152. The van der Waals surface area contributed by atoms with Gasteiger partial charge in [0, 0.05) is 13.0 Å². The first-order valence-corrected chi connectivity index (χ1v) is 5.22. The molecule has 1 aromatic rings. The molecule has 3 nitrogen and oxygen atoms in total. The number of carbonyl (C=O) groups excluding carboxylic acids is 1. The highest BCUT2D eigenvalue weighted by atomic mass is 16.6. The molecule has 0 bridgehead atoms. The predicted molar refractivity (Wildman–Crippen MR) is 60.6 cm³/mol. The summed E-state index contributed by atoms with van der Waals surface area (Å²) in [6, 6.07) is 9.84. The van der Waals surface area contributed by atoms with Crippen LogP contribution in [-0.2, 0) is 11.3 Å². The Hall–Kier alpha value is -1.95. The molecule has 1 heterocycles. The van der Waals surface area contributed by atoms with E-state index in [9.17, 15) is 4.79 Å². The van der Waals surface area contributed by atoms with Gasteiger partial charge in [-0.1, -0.05) is 30.3 Å². The Labute approximate surface area is 95.0 Å². The molecular weight excluding hydrogens is 202 g/mol. The van der Waals surface area contributed by atoms with E-state index in [1.54, 1.807) is 4.90 Å². The SMILES string of the molecule is C#CCC1CN(Cc2ccccc2)C(=O)O1. The summed E-state index contributed by atoms with van der Waals surface area (Å²) in [5.74, 6) is 2.51. The monoisotopic (exact) mass is 215 g/mol. The topological polar surface area (TPSA) is 29.5 Å². The largest absolute Gasteiger partial charge is 0.443 e. The van der Waals surface area contributed by atoms with Crippen molar-refractivity contribution in [3.05, 3.63) is 35.9 Å². The number of amides is 1. The van der Waals surface area contributed by atoms with Crippen molar-refractivity contribution in [3.63, 3.8) is 0 Å². The van der Waals surface area contributed by atoms with Crippen LogP contribution in [0.1, 0.15) is 12.0 Å². The average molecular weight is 215 g/mol. The van der Waals surface area contributed by atoms with Gasteiger partial charge in [0.25, 0.3) is 0 Å². The molecule has 1 aliphatic rings. The van der Waals surface area contributed by atoms with Gasteiger partial charge in [0.1, 0.15) is 6.10 Å². The highest BCUT2D eigenvalue weighted by molar-refractivity contribution is 5.70. The van der Waals surface area contributed by atoms with Crippen LogP contribution in [0.25, 0.3) is 0 Å². The number of carbonyl (C=O) groups is 1. The highest BCUT2D eigenvalue weighted by Gasteiger charge is 2.30. The Morgan fingerprint density at radius 1 is 1.44 bits per heavy atom. The Bertz CT molecular complexity index is 408. The molecule has 3 heteroatoms. The zero-order valence-corrected chi connectivity index (χ0v) is 8.93. The number of rotatable bonds is 3. The lowest BCUT2D eigenvalue weighted by molar-refractivity contribution is 0.133. The van der Waals surface area contributed by atoms with Gasteiger partial charge < -0.3 is 9.64 Å². The van der Waals surface area contributed by atoms with Gasteiger partial charge in [-0.3, -0.25) is 0 Å². The second-order valence-electron chi connectivity index (χ2n) is 3.78. The summed E-state index contributed by atoms with van der Waals surface area (Å²) >= 11 is 0. The minimum atomic E-state index is -0.274. The van der Waals surface area contributed by atoms with Crippen LogP contribution in [0.4, 0.5) is 4.79 Å². The third kappa shape index (κ3) is 2.34. The molecule has 1 saturated heterocycles. The first-order chi connectivity index (χ1) is 7.79. The lowest BCUT2D eigenvalue weighted by atomic mass is 10.2. The fourth-order valence-corrected chi connectivity index (χ4v) is 1.75. The van der Waals surface area contributed by atoms with Crippen LogP contribution in [0.3, 0.4) is 0 Å². The standard InChI is InChI=1S/C13H13NO2/c1-2-6-12-10-14(13(15)16-12)9-11-7-4-3-5-8-11/h1,3-5,7-8,12H,6,9-10H2. The fraction of sp³-hybridized carbons (Fsp3) is 0.308. The molecule has 0 aliphatic carbocycles. The molecule has 2 rings (SSSR count). The minimum Gasteiger partial charge on any atom is -0.443 e. The van der Waals surface area contributed by atoms with Crippen LogP contribution in [-0.4, -0.2) is 23.6 Å². The van der Waals surface area contributed by atoms with Crippen molar-refractivity contribution in [2.24, 2.45) is 0 Å². The van der Waals surface area contributed by atoms with Gasteiger partial charge in [0.2, 0.25) is 0 Å². The van der Waals surface area contributed by atoms with Gasteiger partial charge in [-0.2, -0.15) is 0 Å². The van der Waals surface area contributed by atoms with Crippen molar-refractivity contribution in [2.75, 3.05) is 6.54 Å². The summed E-state index contributed by atoms with van der Waals surface area (Å²) in [6.45, 7) is 1.17. The summed E-state index contributed by atoms with van der Waals surface area (Å²) in [5, 5.41) is 0. The van der Waals surface area contributed by atoms with Gasteiger partial charge in [-0.15, -0.1) is 12.3 Å². The Morgan fingerprint density at radius 3 is 2.88 bits per heavy atom. The molecule has 1 fully saturated rings. The molecule has 1 aromatic carbocycles. The van der Waals surface area contributed by atoms with E-state index in [-0.39, 0.29) is 12.2 Å². The molecule has 0 saturated carbocycles. The molecular formula is C13H13NO2. The summed E-state index contributed by atoms with van der Waals surface area (Å²) in [7, 11) is 0. The number of nitrogens with zero attached hydrogens (tertiary/aromatic N) is 1. The molecule has 1 atom stereocenters. The van der Waals surface area contributed by atoms with Crippen LogP contribution < -0.4 is 0 Å². The lowest BCUT2D eigenvalue weighted by Gasteiger charge is -2.12. The van der Waals surface area contributed by atoms with E-state index < -0.39 is 0 Å². The van der Waals surface area contributed by atoms with Crippen LogP contribution in [0.2, 0.25) is 0 Å². The first kappa shape index (κ1) is 10.6. The molecule has 0 radical (unpaired) electrons. The third-order valence-electron chi connectivity index (χ3n) is 2.51. The second-order valence-corrected chi connectivity index (χ2v) is 3.78. The second kappa shape index (κ2) is 4.71. The summed E-state index contributed by atoms with van der Waals surface area (Å²) in [4.78, 5) is 13.2. The van der Waals surface area contributed by atoms with E-state index in [0.29, 0.717) is 19.5 Å². The van der Waals surface area contributed by atoms with Crippen molar-refractivity contribution >= 4 is 6.09 Å². The maximum absolute atomic E-state index is 11.5. The van der Waals surface area contributed by atoms with Crippen molar-refractivity contribution in [2.45, 2.75) is 19.1 Å². The van der Waals surface area contributed by atoms with Gasteiger partial charge >= 0.3 is 6.09 Å². The zero-order valence-electron chi connectivity index (χ0n) is 8.93. The maximum atomic E-state index is 11.5. The normalized spacial score (nSPS) is 19.3. The van der Waals surface area contributed by atoms with Crippen molar-refractivity contribution < 1.29 is 9.53 Å². The Balaban J connectivity index is 1.97. The van der Waals surface area contributed by atoms with Gasteiger partial charge in [0.15, 0.2) is 0 Å². The molecule has 1 aliphatic heterocycles. The van der Waals surface area contributed by atoms with Crippen molar-refractivity contribution in [1.82, 2.24) is 4.90 Å². The van der Waals surface area contributed by atoms with E-state index in [0.717, 1.165) is 5.56 Å². The van der Waals surface area contributed by atoms with Crippen molar-refractivity contribution in [3.8, 4) is 12.3 Å². The number of ether oxygens (including phenoxy) is 1. The molecule has 16 heavy (non-hydrogen) atoms. The maximum Gasteiger partial charge on any atom is 0.410 e. The smallest absolute Gasteiger partial charge is 0.410 e. The Morgan fingerprint density at radius 2 is 2.19 bits per heavy atom. The summed E-state index contributed by atoms with van der Waals surface area (Å²) < 4.78 is 5.13. The number of benzene rings is 1. The first-order valence-electron chi connectivity index (χ1n) is 5.22. The predicted octanol–water partition coefficient (Wildman–Crippen LogP) is 2.03. The highest BCUT2D eigenvalue weighted by Crippen LogP contribution is 2.16. The number of hydrogen-bond acceptors (Lipinski definition) is 2.